The molecule has 0 aromatic carbocycles. The van der Waals surface area contributed by atoms with Crippen LogP contribution in [0.4, 0.5) is 4.39 Å². The van der Waals surface area contributed by atoms with Crippen molar-refractivity contribution >= 4 is 0 Å². The topological polar surface area (TPSA) is 58.6 Å². The average Bonchev–Trinajstić information content (AvgIpc) is 2.29. The van der Waals surface area contributed by atoms with Crippen LogP contribution in [0.1, 0.15) is 19.2 Å². The summed E-state index contributed by atoms with van der Waals surface area (Å²) in [6.07, 6.45) is 4.11. The van der Waals surface area contributed by atoms with Gasteiger partial charge in [0.1, 0.15) is 5.82 Å². The second-order valence-corrected chi connectivity index (χ2v) is 3.68. The molecule has 0 saturated heterocycles. The Bertz CT molecular complexity index is 580. The highest BCUT2D eigenvalue weighted by atomic mass is 19.1. The first kappa shape index (κ1) is 11.4. The second-order valence-electron chi connectivity index (χ2n) is 3.68. The van der Waals surface area contributed by atoms with Gasteiger partial charge in [-0.1, -0.05) is 6.92 Å². The Morgan fingerprint density at radius 1 is 1.47 bits per heavy atom. The first-order valence-electron chi connectivity index (χ1n) is 5.41. The molecule has 0 saturated carbocycles. The maximum Gasteiger partial charge on any atom is 0.251 e. The van der Waals surface area contributed by atoms with Crippen LogP contribution in [0.15, 0.2) is 29.3 Å². The Kier molecular flexibility index (Phi) is 3.27. The summed E-state index contributed by atoms with van der Waals surface area (Å²) in [7, 11) is 0. The molecule has 88 valence electrons. The van der Waals surface area contributed by atoms with Crippen molar-refractivity contribution in [2.24, 2.45) is 0 Å². The molecule has 0 aliphatic rings. The van der Waals surface area contributed by atoms with Gasteiger partial charge in [-0.25, -0.2) is 9.37 Å². The summed E-state index contributed by atoms with van der Waals surface area (Å²) in [6.45, 7) is 1.99. The van der Waals surface area contributed by atoms with Gasteiger partial charge in [-0.05, 0) is 12.5 Å². The number of nitrogens with one attached hydrogen (secondary N) is 1. The van der Waals surface area contributed by atoms with E-state index in [1.807, 2.05) is 6.92 Å². The van der Waals surface area contributed by atoms with Gasteiger partial charge in [-0.15, -0.1) is 0 Å². The fourth-order valence-electron chi connectivity index (χ4n) is 1.58. The van der Waals surface area contributed by atoms with Crippen LogP contribution in [0.25, 0.3) is 11.3 Å². The molecule has 1 N–H and O–H groups in total. The molecule has 5 heteroatoms. The lowest BCUT2D eigenvalue weighted by Gasteiger charge is -2.04. The molecule has 0 aliphatic carbocycles. The minimum Gasteiger partial charge on any atom is -0.311 e. The average molecular weight is 233 g/mol. The number of hydrogen-bond donors (Lipinski definition) is 1. The lowest BCUT2D eigenvalue weighted by molar-refractivity contribution is 0.624. The van der Waals surface area contributed by atoms with Gasteiger partial charge in [0.2, 0.25) is 0 Å². The van der Waals surface area contributed by atoms with Gasteiger partial charge >= 0.3 is 0 Å². The van der Waals surface area contributed by atoms with Crippen LogP contribution in [0, 0.1) is 5.82 Å². The quantitative estimate of drug-likeness (QED) is 0.881. The zero-order chi connectivity index (χ0) is 12.3. The third-order valence-corrected chi connectivity index (χ3v) is 2.33. The Morgan fingerprint density at radius 2 is 2.29 bits per heavy atom. The van der Waals surface area contributed by atoms with E-state index < -0.39 is 5.82 Å². The van der Waals surface area contributed by atoms with Crippen molar-refractivity contribution in [3.63, 3.8) is 0 Å². The van der Waals surface area contributed by atoms with E-state index in [1.165, 1.54) is 18.3 Å². The van der Waals surface area contributed by atoms with Crippen LogP contribution in [-0.2, 0) is 6.42 Å². The molecule has 0 fully saturated rings. The Labute approximate surface area is 97.6 Å². The van der Waals surface area contributed by atoms with E-state index in [9.17, 15) is 9.18 Å². The van der Waals surface area contributed by atoms with Crippen molar-refractivity contribution < 1.29 is 4.39 Å². The number of nitrogens with zero attached hydrogens (tertiary/aromatic N) is 2. The van der Waals surface area contributed by atoms with Crippen molar-refractivity contribution in [3.05, 3.63) is 46.5 Å². The van der Waals surface area contributed by atoms with Crippen molar-refractivity contribution in [1.29, 1.82) is 0 Å². The van der Waals surface area contributed by atoms with Gasteiger partial charge in [0, 0.05) is 24.2 Å². The summed E-state index contributed by atoms with van der Waals surface area (Å²) in [5.74, 6) is 0.0965. The molecule has 0 unspecified atom stereocenters. The van der Waals surface area contributed by atoms with E-state index in [0.29, 0.717) is 23.5 Å². The standard InChI is InChI=1S/C12H12FN3O/c1-2-3-11-15-10(6-12(17)16-11)8-4-5-14-7-9(8)13/h4-7H,2-3H2,1H3,(H,15,16,17). The molecular formula is C12H12FN3O. The number of aryl methyl sites for hydroxylation is 1. The van der Waals surface area contributed by atoms with Crippen LogP contribution < -0.4 is 5.56 Å². The zero-order valence-electron chi connectivity index (χ0n) is 9.40. The molecule has 0 atom stereocenters. The largest absolute Gasteiger partial charge is 0.311 e. The fourth-order valence-corrected chi connectivity index (χ4v) is 1.58. The molecule has 0 amide bonds. The number of aromatic nitrogens is 3. The third kappa shape index (κ3) is 2.55. The molecule has 17 heavy (non-hydrogen) atoms. The number of hydrogen-bond acceptors (Lipinski definition) is 3. The summed E-state index contributed by atoms with van der Waals surface area (Å²) >= 11 is 0. The predicted octanol–water partition coefficient (Wildman–Crippen LogP) is 1.92. The maximum atomic E-state index is 13.5. The Morgan fingerprint density at radius 3 is 3.00 bits per heavy atom. The molecule has 2 rings (SSSR count). The minimum atomic E-state index is -0.479. The van der Waals surface area contributed by atoms with Gasteiger partial charge in [0.15, 0.2) is 5.82 Å². The molecule has 4 nitrogen and oxygen atoms in total. The van der Waals surface area contributed by atoms with E-state index in [4.69, 9.17) is 0 Å². The van der Waals surface area contributed by atoms with E-state index >= 15 is 0 Å². The molecule has 2 aromatic rings. The number of pyridine rings is 1. The molecule has 2 heterocycles. The van der Waals surface area contributed by atoms with E-state index in [2.05, 4.69) is 15.0 Å². The minimum absolute atomic E-state index is 0.269. The smallest absolute Gasteiger partial charge is 0.251 e. The summed E-state index contributed by atoms with van der Waals surface area (Å²) in [6, 6.07) is 2.80. The molecule has 0 radical (unpaired) electrons. The maximum absolute atomic E-state index is 13.5. The Hall–Kier alpha value is -2.04. The van der Waals surface area contributed by atoms with Crippen molar-refractivity contribution in [2.45, 2.75) is 19.8 Å². The number of rotatable bonds is 3. The molecule has 0 aliphatic heterocycles. The fraction of sp³-hybridized carbons (Fsp3) is 0.250. The van der Waals surface area contributed by atoms with Crippen LogP contribution in [0.3, 0.4) is 0 Å². The second kappa shape index (κ2) is 4.86. The number of H-pyrrole nitrogens is 1. The first-order chi connectivity index (χ1) is 8.20. The van der Waals surface area contributed by atoms with Gasteiger partial charge in [-0.3, -0.25) is 9.78 Å². The summed E-state index contributed by atoms with van der Waals surface area (Å²) in [5, 5.41) is 0. The van der Waals surface area contributed by atoms with E-state index in [-0.39, 0.29) is 5.56 Å². The van der Waals surface area contributed by atoms with Crippen molar-refractivity contribution in [1.82, 2.24) is 15.0 Å². The highest BCUT2D eigenvalue weighted by Crippen LogP contribution is 2.18. The molecular weight excluding hydrogens is 221 g/mol. The normalized spacial score (nSPS) is 10.5. The van der Waals surface area contributed by atoms with Crippen LogP contribution in [0.2, 0.25) is 0 Å². The summed E-state index contributed by atoms with van der Waals surface area (Å²) in [4.78, 5) is 22.0. The first-order valence-corrected chi connectivity index (χ1v) is 5.41. The van der Waals surface area contributed by atoms with Gasteiger partial charge in [-0.2, -0.15) is 0 Å². The lowest BCUT2D eigenvalue weighted by Crippen LogP contribution is -2.11. The van der Waals surface area contributed by atoms with Crippen LogP contribution in [0.5, 0.6) is 0 Å². The van der Waals surface area contributed by atoms with Gasteiger partial charge in [0.25, 0.3) is 5.56 Å². The van der Waals surface area contributed by atoms with Crippen LogP contribution >= 0.6 is 0 Å². The van der Waals surface area contributed by atoms with Crippen LogP contribution in [-0.4, -0.2) is 15.0 Å². The Balaban J connectivity index is 2.52. The third-order valence-electron chi connectivity index (χ3n) is 2.33. The van der Waals surface area contributed by atoms with E-state index in [1.54, 1.807) is 0 Å². The highest BCUT2D eigenvalue weighted by molar-refractivity contribution is 5.58. The highest BCUT2D eigenvalue weighted by Gasteiger charge is 2.08. The monoisotopic (exact) mass is 233 g/mol. The predicted molar refractivity (Wildman–Crippen MR) is 62.0 cm³/mol. The lowest BCUT2D eigenvalue weighted by atomic mass is 10.2. The zero-order valence-corrected chi connectivity index (χ0v) is 9.40. The SMILES string of the molecule is CCCc1nc(-c2ccncc2F)cc(=O)[nH]1. The summed E-state index contributed by atoms with van der Waals surface area (Å²) in [5.41, 5.74) is 0.371. The molecule has 0 bridgehead atoms. The van der Waals surface area contributed by atoms with Gasteiger partial charge < -0.3 is 4.98 Å². The van der Waals surface area contributed by atoms with Gasteiger partial charge in [0.05, 0.1) is 11.9 Å². The molecule has 2 aromatic heterocycles. The number of halogens is 1. The van der Waals surface area contributed by atoms with Crippen molar-refractivity contribution in [2.75, 3.05) is 0 Å². The summed E-state index contributed by atoms with van der Waals surface area (Å²) < 4.78 is 13.5. The number of aromatic amines is 1. The van der Waals surface area contributed by atoms with E-state index in [0.717, 1.165) is 12.6 Å². The van der Waals surface area contributed by atoms with Crippen molar-refractivity contribution in [3.8, 4) is 11.3 Å². The molecule has 0 spiro atoms.